The van der Waals surface area contributed by atoms with Crippen molar-refractivity contribution in [2.45, 2.75) is 68.9 Å². The van der Waals surface area contributed by atoms with Gasteiger partial charge in [0, 0.05) is 29.6 Å². The molecule has 1 aliphatic heterocycles. The third-order valence-corrected chi connectivity index (χ3v) is 8.70. The van der Waals surface area contributed by atoms with Gasteiger partial charge in [0.05, 0.1) is 16.6 Å². The summed E-state index contributed by atoms with van der Waals surface area (Å²) < 4.78 is 11.6. The van der Waals surface area contributed by atoms with Gasteiger partial charge in [-0.1, -0.05) is 0 Å². The summed E-state index contributed by atoms with van der Waals surface area (Å²) >= 11 is 1.89. The van der Waals surface area contributed by atoms with Crippen LogP contribution in [-0.2, 0) is 16.7 Å². The van der Waals surface area contributed by atoms with Gasteiger partial charge in [-0.15, -0.1) is 0 Å². The molecule has 2 aliphatic carbocycles. The summed E-state index contributed by atoms with van der Waals surface area (Å²) in [5, 5.41) is 5.84. The average Bonchev–Trinajstić information content (AvgIpc) is 3.66. The Morgan fingerprint density at radius 2 is 1.97 bits per heavy atom. The molecule has 2 fully saturated rings. The normalized spacial score (nSPS) is 24.9. The first kappa shape index (κ1) is 23.5. The Balaban J connectivity index is 1.35. The Labute approximate surface area is 214 Å². The third kappa shape index (κ3) is 4.28. The molecule has 3 aromatic heterocycles. The molecule has 2 saturated carbocycles. The molecular formula is C27H31N5O3S. The Hall–Kier alpha value is -2.91. The Morgan fingerprint density at radius 3 is 2.72 bits per heavy atom. The van der Waals surface area contributed by atoms with E-state index in [4.69, 9.17) is 20.2 Å². The lowest BCUT2D eigenvalue weighted by Gasteiger charge is -2.34. The predicted molar refractivity (Wildman–Crippen MR) is 141 cm³/mol. The van der Waals surface area contributed by atoms with Crippen molar-refractivity contribution < 1.29 is 14.3 Å². The summed E-state index contributed by atoms with van der Waals surface area (Å²) in [5.74, 6) is 2.01. The van der Waals surface area contributed by atoms with Gasteiger partial charge in [-0.25, -0.2) is 19.7 Å². The molecule has 4 heterocycles. The van der Waals surface area contributed by atoms with Crippen LogP contribution in [0, 0.1) is 5.92 Å². The first-order valence-corrected chi connectivity index (χ1v) is 13.9. The van der Waals surface area contributed by atoms with Gasteiger partial charge in [0.2, 0.25) is 5.88 Å². The second kappa shape index (κ2) is 8.88. The molecule has 0 spiro atoms. The minimum Gasteiger partial charge on any atom is -0.474 e. The van der Waals surface area contributed by atoms with Crippen molar-refractivity contribution in [3.8, 4) is 5.88 Å². The van der Waals surface area contributed by atoms with Gasteiger partial charge in [0.25, 0.3) is 0 Å². The highest BCUT2D eigenvalue weighted by Gasteiger charge is 2.41. The molecule has 1 unspecified atom stereocenters. The number of hydrogen-bond donors (Lipinski definition) is 2. The van der Waals surface area contributed by atoms with Crippen LogP contribution in [0.1, 0.15) is 61.1 Å². The average molecular weight is 506 g/mol. The minimum absolute atomic E-state index is 0.184. The van der Waals surface area contributed by atoms with Crippen LogP contribution in [0.5, 0.6) is 5.88 Å². The van der Waals surface area contributed by atoms with Crippen LogP contribution in [0.3, 0.4) is 0 Å². The molecule has 0 bridgehead atoms. The maximum Gasteiger partial charge on any atom is 0.340 e. The molecule has 0 amide bonds. The molecule has 188 valence electrons. The number of nitrogens with one attached hydrogen (secondary N) is 1. The summed E-state index contributed by atoms with van der Waals surface area (Å²) in [6.07, 6.45) is 10.7. The fourth-order valence-corrected chi connectivity index (χ4v) is 5.99. The lowest BCUT2D eigenvalue weighted by molar-refractivity contribution is 0.0297. The smallest absolute Gasteiger partial charge is 0.340 e. The molecule has 8 nitrogen and oxygen atoms in total. The SMILES string of the molecule is CSC1CC(Oc2ncc([C@](C)(N)C3CC3)c3cc(Nc4ccc5c(n4)CC(C)OC5=O)ncc23)C1. The minimum atomic E-state index is -0.483. The van der Waals surface area contributed by atoms with Gasteiger partial charge in [-0.3, -0.25) is 0 Å². The molecule has 3 N–H and O–H groups in total. The van der Waals surface area contributed by atoms with Crippen molar-refractivity contribution in [1.29, 1.82) is 0 Å². The van der Waals surface area contributed by atoms with Crippen LogP contribution < -0.4 is 15.8 Å². The Kier molecular flexibility index (Phi) is 5.80. The van der Waals surface area contributed by atoms with E-state index in [2.05, 4.69) is 28.5 Å². The Morgan fingerprint density at radius 1 is 1.17 bits per heavy atom. The van der Waals surface area contributed by atoms with E-state index in [1.54, 1.807) is 12.1 Å². The molecule has 0 aromatic carbocycles. The molecule has 0 radical (unpaired) electrons. The fraction of sp³-hybridized carbons (Fsp3) is 0.481. The molecule has 0 saturated heterocycles. The van der Waals surface area contributed by atoms with Crippen LogP contribution in [0.4, 0.5) is 11.6 Å². The number of nitrogens with two attached hydrogens (primary N) is 1. The third-order valence-electron chi connectivity index (χ3n) is 7.64. The van der Waals surface area contributed by atoms with Crippen LogP contribution in [-0.4, -0.2) is 44.6 Å². The first-order valence-electron chi connectivity index (χ1n) is 12.6. The van der Waals surface area contributed by atoms with Crippen LogP contribution in [0.2, 0.25) is 0 Å². The summed E-state index contributed by atoms with van der Waals surface area (Å²) in [6, 6.07) is 5.54. The van der Waals surface area contributed by atoms with Crippen LogP contribution in [0.15, 0.2) is 30.6 Å². The monoisotopic (exact) mass is 505 g/mol. The number of pyridine rings is 3. The van der Waals surface area contributed by atoms with Gasteiger partial charge in [-0.05, 0) is 80.9 Å². The maximum absolute atomic E-state index is 12.1. The van der Waals surface area contributed by atoms with Crippen molar-refractivity contribution in [1.82, 2.24) is 15.0 Å². The Bertz CT molecular complexity index is 1340. The van der Waals surface area contributed by atoms with Gasteiger partial charge in [-0.2, -0.15) is 11.8 Å². The molecule has 9 heteroatoms. The number of esters is 1. The second-order valence-electron chi connectivity index (χ2n) is 10.5. The van der Waals surface area contributed by atoms with Gasteiger partial charge >= 0.3 is 5.97 Å². The molecule has 6 rings (SSSR count). The van der Waals surface area contributed by atoms with Gasteiger partial charge in [0.15, 0.2) is 0 Å². The summed E-state index contributed by atoms with van der Waals surface area (Å²) in [4.78, 5) is 26.2. The van der Waals surface area contributed by atoms with Crippen molar-refractivity contribution in [2.24, 2.45) is 11.7 Å². The molecule has 36 heavy (non-hydrogen) atoms. The number of rotatable bonds is 7. The van der Waals surface area contributed by atoms with E-state index in [0.29, 0.717) is 40.7 Å². The van der Waals surface area contributed by atoms with Gasteiger partial charge in [0.1, 0.15) is 23.8 Å². The highest BCUT2D eigenvalue weighted by atomic mass is 32.2. The number of anilines is 2. The lowest BCUT2D eigenvalue weighted by atomic mass is 9.86. The summed E-state index contributed by atoms with van der Waals surface area (Å²) in [7, 11) is 0. The molecule has 3 aromatic rings. The summed E-state index contributed by atoms with van der Waals surface area (Å²) in [5.41, 5.74) is 8.63. The molecule has 2 atom stereocenters. The number of carbonyl (C=O) groups is 1. The van der Waals surface area contributed by atoms with Crippen molar-refractivity contribution >= 4 is 40.1 Å². The van der Waals surface area contributed by atoms with E-state index < -0.39 is 5.54 Å². The highest BCUT2D eigenvalue weighted by Crippen LogP contribution is 2.46. The number of fused-ring (bicyclic) bond motifs is 2. The zero-order chi connectivity index (χ0) is 25.0. The second-order valence-corrected chi connectivity index (χ2v) is 11.6. The van der Waals surface area contributed by atoms with Crippen LogP contribution in [0.25, 0.3) is 10.8 Å². The fourth-order valence-electron chi connectivity index (χ4n) is 5.17. The quantitative estimate of drug-likeness (QED) is 0.440. The van der Waals surface area contributed by atoms with Crippen molar-refractivity contribution in [2.75, 3.05) is 11.6 Å². The standard InChI is InChI=1S/C27H31N5O3S/c1-14-8-22-18(26(33)34-14)6-7-23(31-22)32-24-11-19-20(12-29-24)25(35-16-9-17(10-16)36-3)30-13-21(19)27(2,28)15-4-5-15/h6-7,11-17H,4-5,8-10,28H2,1-3H3,(H,29,31,32)/t14?,16?,17?,27-/m1/s1. The maximum atomic E-state index is 12.1. The zero-order valence-electron chi connectivity index (χ0n) is 20.8. The highest BCUT2D eigenvalue weighted by molar-refractivity contribution is 7.99. The first-order chi connectivity index (χ1) is 17.3. The van der Waals surface area contributed by atoms with E-state index in [9.17, 15) is 4.79 Å². The lowest BCUT2D eigenvalue weighted by Crippen LogP contribution is -2.37. The number of ether oxygens (including phenoxy) is 2. The number of thioether (sulfide) groups is 1. The van der Waals surface area contributed by atoms with Crippen molar-refractivity contribution in [3.05, 3.63) is 47.4 Å². The number of cyclic esters (lactones) is 1. The predicted octanol–water partition coefficient (Wildman–Crippen LogP) is 4.73. The number of carbonyl (C=O) groups excluding carboxylic acids is 1. The topological polar surface area (TPSA) is 112 Å². The van der Waals surface area contributed by atoms with E-state index >= 15 is 0 Å². The van der Waals surface area contributed by atoms with E-state index in [-0.39, 0.29) is 18.2 Å². The zero-order valence-corrected chi connectivity index (χ0v) is 21.6. The largest absolute Gasteiger partial charge is 0.474 e. The number of hydrogen-bond acceptors (Lipinski definition) is 9. The number of aromatic nitrogens is 3. The molecular weight excluding hydrogens is 474 g/mol. The summed E-state index contributed by atoms with van der Waals surface area (Å²) in [6.45, 7) is 3.97. The number of nitrogens with zero attached hydrogens (tertiary/aromatic N) is 3. The van der Waals surface area contributed by atoms with E-state index in [1.165, 1.54) is 0 Å². The van der Waals surface area contributed by atoms with Crippen LogP contribution >= 0.6 is 11.8 Å². The molecule has 3 aliphatic rings. The van der Waals surface area contributed by atoms with Crippen molar-refractivity contribution in [3.63, 3.8) is 0 Å². The van der Waals surface area contributed by atoms with E-state index in [1.807, 2.05) is 37.1 Å². The van der Waals surface area contributed by atoms with E-state index in [0.717, 1.165) is 47.7 Å². The van der Waals surface area contributed by atoms with Gasteiger partial charge < -0.3 is 20.5 Å².